The molecule has 1 aromatic carbocycles. The fourth-order valence-corrected chi connectivity index (χ4v) is 5.59. The van der Waals surface area contributed by atoms with Crippen molar-refractivity contribution in [3.63, 3.8) is 0 Å². The predicted octanol–water partition coefficient (Wildman–Crippen LogP) is 0.620. The number of benzene rings is 1. The topological polar surface area (TPSA) is 108 Å². The van der Waals surface area contributed by atoms with Gasteiger partial charge >= 0.3 is 0 Å². The highest BCUT2D eigenvalue weighted by Gasteiger charge is 2.71. The molecular formula is C20H22ClN3O5. The largest absolute Gasteiger partial charge is 0.392 e. The van der Waals surface area contributed by atoms with Gasteiger partial charge < -0.3 is 15.2 Å². The number of carbonyl (C=O) groups excluding carboxylic acids is 3. The zero-order valence-electron chi connectivity index (χ0n) is 15.9. The number of para-hydroxylation sites is 1. The lowest BCUT2D eigenvalue weighted by Crippen LogP contribution is -2.55. The van der Waals surface area contributed by atoms with E-state index in [1.165, 1.54) is 4.90 Å². The number of rotatable bonds is 3. The Hall–Kier alpha value is -2.00. The van der Waals surface area contributed by atoms with E-state index in [9.17, 15) is 19.5 Å². The monoisotopic (exact) mass is 419 g/mol. The number of hydrogen-bond donors (Lipinski definition) is 3. The standard InChI is InChI=1S/C20H22ClN3O5/c1-9(25)15-13-14(18(27)24(17(13)26)8-10-4-3-7-29-10)20(23-15)11-5-2-6-12(21)16(11)22-19(20)28/h2,5-6,9-10,13-15,23,25H,3-4,7-8H2,1H3,(H,22,28)/t9-,10+,13+,14-,15-,20-/m0/s1. The Kier molecular flexibility index (Phi) is 4.26. The smallest absolute Gasteiger partial charge is 0.250 e. The predicted molar refractivity (Wildman–Crippen MR) is 103 cm³/mol. The normalized spacial score (nSPS) is 36.7. The number of amides is 3. The number of likely N-dealkylation sites (tertiary alicyclic amines) is 1. The summed E-state index contributed by atoms with van der Waals surface area (Å²) in [5, 5.41) is 16.7. The first kappa shape index (κ1) is 19.0. The number of aliphatic hydroxyl groups is 1. The number of ether oxygens (including phenoxy) is 1. The molecule has 4 aliphatic heterocycles. The Morgan fingerprint density at radius 1 is 1.34 bits per heavy atom. The van der Waals surface area contributed by atoms with Crippen LogP contribution in [0.4, 0.5) is 5.69 Å². The van der Waals surface area contributed by atoms with Gasteiger partial charge in [0.05, 0.1) is 41.3 Å². The van der Waals surface area contributed by atoms with Crippen LogP contribution in [0.2, 0.25) is 5.02 Å². The molecule has 9 heteroatoms. The van der Waals surface area contributed by atoms with Crippen molar-refractivity contribution in [3.05, 3.63) is 28.8 Å². The van der Waals surface area contributed by atoms with Crippen LogP contribution in [-0.2, 0) is 24.7 Å². The van der Waals surface area contributed by atoms with E-state index >= 15 is 0 Å². The molecular weight excluding hydrogens is 398 g/mol. The third kappa shape index (κ3) is 2.46. The fourth-order valence-electron chi connectivity index (χ4n) is 5.37. The Bertz CT molecular complexity index is 915. The van der Waals surface area contributed by atoms with Gasteiger partial charge in [-0.15, -0.1) is 0 Å². The maximum atomic E-state index is 13.5. The van der Waals surface area contributed by atoms with E-state index in [1.54, 1.807) is 25.1 Å². The van der Waals surface area contributed by atoms with Crippen LogP contribution in [0.15, 0.2) is 18.2 Å². The highest BCUT2D eigenvalue weighted by Crippen LogP contribution is 2.54. The van der Waals surface area contributed by atoms with E-state index in [4.69, 9.17) is 16.3 Å². The van der Waals surface area contributed by atoms with Crippen molar-refractivity contribution < 1.29 is 24.2 Å². The first-order valence-corrected chi connectivity index (χ1v) is 10.3. The highest BCUT2D eigenvalue weighted by molar-refractivity contribution is 6.35. The van der Waals surface area contributed by atoms with Gasteiger partial charge in [0, 0.05) is 18.2 Å². The fraction of sp³-hybridized carbons (Fsp3) is 0.550. The Balaban J connectivity index is 1.61. The Labute approximate surface area is 172 Å². The minimum absolute atomic E-state index is 0.178. The van der Waals surface area contributed by atoms with Gasteiger partial charge in [-0.1, -0.05) is 23.7 Å². The quantitative estimate of drug-likeness (QED) is 0.620. The third-order valence-electron chi connectivity index (χ3n) is 6.66. The summed E-state index contributed by atoms with van der Waals surface area (Å²) in [5.41, 5.74) is -0.465. The molecule has 3 saturated heterocycles. The maximum Gasteiger partial charge on any atom is 0.250 e. The molecule has 1 spiro atoms. The van der Waals surface area contributed by atoms with Crippen molar-refractivity contribution in [1.82, 2.24) is 10.2 Å². The zero-order chi connectivity index (χ0) is 20.5. The number of aliphatic hydroxyl groups excluding tert-OH is 1. The molecule has 0 radical (unpaired) electrons. The van der Waals surface area contributed by atoms with Crippen molar-refractivity contribution in [3.8, 4) is 0 Å². The van der Waals surface area contributed by atoms with E-state index in [2.05, 4.69) is 10.6 Å². The summed E-state index contributed by atoms with van der Waals surface area (Å²) in [4.78, 5) is 41.2. The first-order valence-electron chi connectivity index (χ1n) is 9.89. The summed E-state index contributed by atoms with van der Waals surface area (Å²) in [6.45, 7) is 2.35. The van der Waals surface area contributed by atoms with Crippen molar-refractivity contribution in [2.24, 2.45) is 11.8 Å². The van der Waals surface area contributed by atoms with Gasteiger partial charge in [0.25, 0.3) is 0 Å². The van der Waals surface area contributed by atoms with Crippen LogP contribution in [0.5, 0.6) is 0 Å². The second kappa shape index (κ2) is 6.50. The lowest BCUT2D eigenvalue weighted by Gasteiger charge is -2.30. The molecule has 3 N–H and O–H groups in total. The summed E-state index contributed by atoms with van der Waals surface area (Å²) in [5.74, 6) is -2.99. The molecule has 29 heavy (non-hydrogen) atoms. The number of hydrogen-bond acceptors (Lipinski definition) is 6. The summed E-state index contributed by atoms with van der Waals surface area (Å²) in [6.07, 6.45) is 0.561. The van der Waals surface area contributed by atoms with Gasteiger partial charge in [-0.3, -0.25) is 24.6 Å². The van der Waals surface area contributed by atoms with Crippen LogP contribution in [0, 0.1) is 11.8 Å². The minimum atomic E-state index is -1.44. The number of imide groups is 1. The lowest BCUT2D eigenvalue weighted by atomic mass is 9.76. The average Bonchev–Trinajstić information content (AvgIpc) is 3.42. The van der Waals surface area contributed by atoms with Crippen molar-refractivity contribution in [1.29, 1.82) is 0 Å². The molecule has 8 nitrogen and oxygen atoms in total. The highest BCUT2D eigenvalue weighted by atomic mass is 35.5. The Morgan fingerprint density at radius 2 is 2.14 bits per heavy atom. The SMILES string of the molecule is C[C@H](O)[C@@H]1N[C@]2(C(=O)Nc3c(Cl)cccc32)[C@@H]2C(=O)N(C[C@H]3CCCO3)C(=O)[C@@H]12. The number of nitrogens with one attached hydrogen (secondary N) is 2. The van der Waals surface area contributed by atoms with Gasteiger partial charge in [0.2, 0.25) is 17.7 Å². The number of anilines is 1. The molecule has 0 aromatic heterocycles. The zero-order valence-corrected chi connectivity index (χ0v) is 16.6. The number of carbonyl (C=O) groups is 3. The molecule has 0 saturated carbocycles. The van der Waals surface area contributed by atoms with Crippen LogP contribution >= 0.6 is 11.6 Å². The Morgan fingerprint density at radius 3 is 2.83 bits per heavy atom. The van der Waals surface area contributed by atoms with E-state index in [0.717, 1.165) is 12.8 Å². The molecule has 0 unspecified atom stereocenters. The van der Waals surface area contributed by atoms with Gasteiger partial charge in [0.1, 0.15) is 5.54 Å². The van der Waals surface area contributed by atoms with Gasteiger partial charge in [-0.2, -0.15) is 0 Å². The van der Waals surface area contributed by atoms with Crippen molar-refractivity contribution in [2.45, 2.75) is 43.6 Å². The molecule has 154 valence electrons. The second-order valence-corrected chi connectivity index (χ2v) is 8.67. The summed E-state index contributed by atoms with van der Waals surface area (Å²) in [7, 11) is 0. The number of nitrogens with zero attached hydrogens (tertiary/aromatic N) is 1. The number of halogens is 1. The van der Waals surface area contributed by atoms with E-state index in [-0.39, 0.29) is 18.6 Å². The van der Waals surface area contributed by atoms with Gasteiger partial charge in [-0.05, 0) is 25.8 Å². The summed E-state index contributed by atoms with van der Waals surface area (Å²) in [6, 6.07) is 4.36. The van der Waals surface area contributed by atoms with Crippen LogP contribution in [0.25, 0.3) is 0 Å². The first-order chi connectivity index (χ1) is 13.9. The average molecular weight is 420 g/mol. The third-order valence-corrected chi connectivity index (χ3v) is 6.97. The van der Waals surface area contributed by atoms with Gasteiger partial charge in [-0.25, -0.2) is 0 Å². The minimum Gasteiger partial charge on any atom is -0.392 e. The molecule has 6 atom stereocenters. The van der Waals surface area contributed by atoms with E-state index in [1.807, 2.05) is 0 Å². The molecule has 0 bridgehead atoms. The van der Waals surface area contributed by atoms with E-state index < -0.39 is 41.3 Å². The molecule has 0 aliphatic carbocycles. The van der Waals surface area contributed by atoms with Crippen molar-refractivity contribution >= 4 is 35.0 Å². The molecule has 3 fully saturated rings. The second-order valence-electron chi connectivity index (χ2n) is 8.26. The van der Waals surface area contributed by atoms with Crippen LogP contribution in [-0.4, -0.2) is 59.1 Å². The molecule has 4 aliphatic rings. The lowest BCUT2D eigenvalue weighted by molar-refractivity contribution is -0.144. The van der Waals surface area contributed by atoms with E-state index in [0.29, 0.717) is 22.9 Å². The van der Waals surface area contributed by atoms with Gasteiger partial charge in [0.15, 0.2) is 0 Å². The number of fused-ring (bicyclic) bond motifs is 4. The molecule has 5 rings (SSSR count). The molecule has 3 amide bonds. The van der Waals surface area contributed by atoms with Crippen LogP contribution in [0.1, 0.15) is 25.3 Å². The maximum absolute atomic E-state index is 13.5. The summed E-state index contributed by atoms with van der Waals surface area (Å²) >= 11 is 6.27. The molecule has 4 heterocycles. The van der Waals surface area contributed by atoms with Crippen LogP contribution < -0.4 is 10.6 Å². The summed E-state index contributed by atoms with van der Waals surface area (Å²) < 4.78 is 5.61. The van der Waals surface area contributed by atoms with Crippen molar-refractivity contribution in [2.75, 3.05) is 18.5 Å². The molecule has 1 aromatic rings. The van der Waals surface area contributed by atoms with Crippen LogP contribution in [0.3, 0.4) is 0 Å².